The number of ether oxygens (including phenoxy) is 1. The van der Waals surface area contributed by atoms with E-state index in [2.05, 4.69) is 29.0 Å². The van der Waals surface area contributed by atoms with Crippen molar-refractivity contribution in [3.05, 3.63) is 0 Å². The van der Waals surface area contributed by atoms with Gasteiger partial charge < -0.3 is 20.1 Å². The maximum Gasteiger partial charge on any atom is 0.221 e. The molecule has 2 rings (SSSR count). The van der Waals surface area contributed by atoms with Crippen molar-refractivity contribution in [2.24, 2.45) is 5.92 Å². The monoisotopic (exact) mass is 327 g/mol. The van der Waals surface area contributed by atoms with Crippen LogP contribution in [0.2, 0.25) is 0 Å². The van der Waals surface area contributed by atoms with E-state index in [1.165, 1.54) is 0 Å². The second kappa shape index (κ2) is 9.57. The molecule has 0 spiro atoms. The molecule has 6 heteroatoms. The molecule has 1 unspecified atom stereocenters. The SMILES string of the molecule is C[C@@H]1CN(CCC(=O)NCCN2CCCC(CO)C2)C[C@H](C)O1. The van der Waals surface area contributed by atoms with E-state index in [-0.39, 0.29) is 24.7 Å². The first-order valence-electron chi connectivity index (χ1n) is 9.04. The minimum Gasteiger partial charge on any atom is -0.396 e. The minimum absolute atomic E-state index is 0.132. The minimum atomic E-state index is 0.132. The highest BCUT2D eigenvalue weighted by Crippen LogP contribution is 2.15. The number of amides is 1. The number of morpholine rings is 1. The van der Waals surface area contributed by atoms with Crippen LogP contribution >= 0.6 is 0 Å². The summed E-state index contributed by atoms with van der Waals surface area (Å²) in [5.74, 6) is 0.539. The summed E-state index contributed by atoms with van der Waals surface area (Å²) in [6, 6.07) is 0. The van der Waals surface area contributed by atoms with Crippen molar-refractivity contribution in [2.45, 2.75) is 45.3 Å². The number of piperidine rings is 1. The predicted molar refractivity (Wildman–Crippen MR) is 90.3 cm³/mol. The number of rotatable bonds is 7. The van der Waals surface area contributed by atoms with Gasteiger partial charge in [-0.2, -0.15) is 0 Å². The first kappa shape index (κ1) is 18.6. The fourth-order valence-electron chi connectivity index (χ4n) is 3.67. The molecule has 0 saturated carbocycles. The summed E-state index contributed by atoms with van der Waals surface area (Å²) < 4.78 is 5.71. The van der Waals surface area contributed by atoms with E-state index < -0.39 is 0 Å². The van der Waals surface area contributed by atoms with E-state index in [9.17, 15) is 9.90 Å². The van der Waals surface area contributed by atoms with Crippen LogP contribution in [-0.2, 0) is 9.53 Å². The number of nitrogens with one attached hydrogen (secondary N) is 1. The Labute approximate surface area is 140 Å². The predicted octanol–water partition coefficient (Wildman–Crippen LogP) is 0.306. The van der Waals surface area contributed by atoms with Gasteiger partial charge in [0.05, 0.1) is 12.2 Å². The van der Waals surface area contributed by atoms with Crippen LogP contribution in [0.1, 0.15) is 33.1 Å². The summed E-state index contributed by atoms with van der Waals surface area (Å²) in [6.07, 6.45) is 3.32. The molecule has 134 valence electrons. The third kappa shape index (κ3) is 6.75. The smallest absolute Gasteiger partial charge is 0.221 e. The van der Waals surface area contributed by atoms with Gasteiger partial charge in [-0.15, -0.1) is 0 Å². The van der Waals surface area contributed by atoms with Gasteiger partial charge in [0.2, 0.25) is 5.91 Å². The first-order chi connectivity index (χ1) is 11.1. The largest absolute Gasteiger partial charge is 0.396 e. The molecule has 2 saturated heterocycles. The summed E-state index contributed by atoms with van der Waals surface area (Å²) in [6.45, 7) is 10.7. The zero-order valence-corrected chi connectivity index (χ0v) is 14.7. The Balaban J connectivity index is 1.56. The van der Waals surface area contributed by atoms with Crippen molar-refractivity contribution in [1.29, 1.82) is 0 Å². The van der Waals surface area contributed by atoms with E-state index in [4.69, 9.17) is 4.74 Å². The Kier molecular flexibility index (Phi) is 7.76. The number of nitrogens with zero attached hydrogens (tertiary/aromatic N) is 2. The quantitative estimate of drug-likeness (QED) is 0.704. The van der Waals surface area contributed by atoms with Gasteiger partial charge in [-0.25, -0.2) is 0 Å². The van der Waals surface area contributed by atoms with Crippen LogP contribution in [-0.4, -0.2) is 85.4 Å². The standard InChI is InChI=1S/C17H33N3O3/c1-14-10-20(11-15(2)23-14)8-5-17(22)18-6-9-19-7-3-4-16(12-19)13-21/h14-16,21H,3-13H2,1-2H3,(H,18,22)/t14-,15+,16?. The molecule has 2 N–H and O–H groups in total. The van der Waals surface area contributed by atoms with Gasteiger partial charge in [0.1, 0.15) is 0 Å². The maximum absolute atomic E-state index is 12.0. The van der Waals surface area contributed by atoms with Gasteiger partial charge >= 0.3 is 0 Å². The Morgan fingerprint density at radius 3 is 2.61 bits per heavy atom. The van der Waals surface area contributed by atoms with Gasteiger partial charge in [-0.1, -0.05) is 0 Å². The van der Waals surface area contributed by atoms with E-state index in [1.54, 1.807) is 0 Å². The second-order valence-corrected chi connectivity index (χ2v) is 7.11. The highest BCUT2D eigenvalue weighted by atomic mass is 16.5. The van der Waals surface area contributed by atoms with Crippen molar-refractivity contribution in [2.75, 3.05) is 52.4 Å². The molecular weight excluding hydrogens is 294 g/mol. The molecule has 2 aliphatic heterocycles. The van der Waals surface area contributed by atoms with Gasteiger partial charge in [0.15, 0.2) is 0 Å². The Bertz CT molecular complexity index is 357. The molecule has 0 aliphatic carbocycles. The second-order valence-electron chi connectivity index (χ2n) is 7.11. The normalized spacial score (nSPS) is 30.3. The summed E-state index contributed by atoms with van der Waals surface area (Å²) in [7, 11) is 0. The lowest BCUT2D eigenvalue weighted by atomic mass is 9.99. The summed E-state index contributed by atoms with van der Waals surface area (Å²) >= 11 is 0. The molecule has 0 aromatic carbocycles. The molecule has 6 nitrogen and oxygen atoms in total. The Morgan fingerprint density at radius 1 is 1.17 bits per heavy atom. The van der Waals surface area contributed by atoms with Gasteiger partial charge in [0.25, 0.3) is 0 Å². The molecule has 3 atom stereocenters. The van der Waals surface area contributed by atoms with Crippen LogP contribution in [0.25, 0.3) is 0 Å². The van der Waals surface area contributed by atoms with E-state index in [1.807, 2.05) is 0 Å². The van der Waals surface area contributed by atoms with Crippen LogP contribution in [0.15, 0.2) is 0 Å². The van der Waals surface area contributed by atoms with E-state index in [0.717, 1.165) is 52.1 Å². The molecule has 0 radical (unpaired) electrons. The van der Waals surface area contributed by atoms with Crippen LogP contribution in [0.3, 0.4) is 0 Å². The van der Waals surface area contributed by atoms with Crippen LogP contribution < -0.4 is 5.32 Å². The summed E-state index contributed by atoms with van der Waals surface area (Å²) in [5, 5.41) is 12.3. The highest BCUT2D eigenvalue weighted by molar-refractivity contribution is 5.76. The van der Waals surface area contributed by atoms with Gasteiger partial charge in [-0.05, 0) is 39.2 Å². The molecule has 2 fully saturated rings. The number of aliphatic hydroxyl groups excluding tert-OH is 1. The lowest BCUT2D eigenvalue weighted by Gasteiger charge is -2.35. The molecule has 23 heavy (non-hydrogen) atoms. The van der Waals surface area contributed by atoms with Crippen molar-refractivity contribution >= 4 is 5.91 Å². The fraction of sp³-hybridized carbons (Fsp3) is 0.941. The van der Waals surface area contributed by atoms with Gasteiger partial charge in [0, 0.05) is 52.3 Å². The van der Waals surface area contributed by atoms with Crippen molar-refractivity contribution < 1.29 is 14.6 Å². The van der Waals surface area contributed by atoms with Crippen molar-refractivity contribution in [1.82, 2.24) is 15.1 Å². The number of hydrogen-bond acceptors (Lipinski definition) is 5. The highest BCUT2D eigenvalue weighted by Gasteiger charge is 2.22. The average Bonchev–Trinajstić information content (AvgIpc) is 2.52. The number of likely N-dealkylation sites (tertiary alicyclic amines) is 1. The Hall–Kier alpha value is -0.690. The maximum atomic E-state index is 12.0. The van der Waals surface area contributed by atoms with Gasteiger partial charge in [-0.3, -0.25) is 9.69 Å². The first-order valence-corrected chi connectivity index (χ1v) is 9.04. The lowest BCUT2D eigenvalue weighted by molar-refractivity contribution is -0.122. The summed E-state index contributed by atoms with van der Waals surface area (Å²) in [4.78, 5) is 16.6. The zero-order valence-electron chi connectivity index (χ0n) is 14.7. The molecule has 0 aromatic heterocycles. The van der Waals surface area contributed by atoms with Crippen molar-refractivity contribution in [3.63, 3.8) is 0 Å². The van der Waals surface area contributed by atoms with Crippen molar-refractivity contribution in [3.8, 4) is 0 Å². The molecule has 2 heterocycles. The zero-order chi connectivity index (χ0) is 16.7. The van der Waals surface area contributed by atoms with Crippen LogP contribution in [0.4, 0.5) is 0 Å². The molecule has 1 amide bonds. The molecule has 0 bridgehead atoms. The topological polar surface area (TPSA) is 65.0 Å². The summed E-state index contributed by atoms with van der Waals surface area (Å²) in [5.41, 5.74) is 0. The van der Waals surface area contributed by atoms with Crippen LogP contribution in [0, 0.1) is 5.92 Å². The molecule has 0 aromatic rings. The lowest BCUT2D eigenvalue weighted by Crippen LogP contribution is -2.46. The molecular formula is C17H33N3O3. The Morgan fingerprint density at radius 2 is 1.91 bits per heavy atom. The number of carbonyl (C=O) groups excluding carboxylic acids is 1. The average molecular weight is 327 g/mol. The fourth-order valence-corrected chi connectivity index (χ4v) is 3.67. The third-order valence-electron chi connectivity index (χ3n) is 4.76. The van der Waals surface area contributed by atoms with E-state index >= 15 is 0 Å². The van der Waals surface area contributed by atoms with Crippen LogP contribution in [0.5, 0.6) is 0 Å². The number of hydrogen-bond donors (Lipinski definition) is 2. The number of aliphatic hydroxyl groups is 1. The molecule has 2 aliphatic rings. The van der Waals surface area contributed by atoms with E-state index in [0.29, 0.717) is 18.9 Å². The third-order valence-corrected chi connectivity index (χ3v) is 4.76. The number of carbonyl (C=O) groups is 1.